The van der Waals surface area contributed by atoms with Crippen LogP contribution in [-0.4, -0.2) is 41.3 Å². The molecule has 1 saturated carbocycles. The molecule has 1 N–H and O–H groups in total. The van der Waals surface area contributed by atoms with E-state index in [0.29, 0.717) is 12.6 Å². The molecule has 23 heavy (non-hydrogen) atoms. The zero-order valence-corrected chi connectivity index (χ0v) is 16.4. The number of hydrogen-bond donors (Lipinski definition) is 1. The lowest BCUT2D eigenvalue weighted by molar-refractivity contribution is 0.00633. The molecule has 0 saturated heterocycles. The lowest BCUT2D eigenvalue weighted by atomic mass is 9.84. The van der Waals surface area contributed by atoms with Crippen LogP contribution in [0, 0.1) is 5.92 Å². The minimum absolute atomic E-state index is 0.225. The van der Waals surface area contributed by atoms with Crippen LogP contribution in [0.25, 0.3) is 0 Å². The highest BCUT2D eigenvalue weighted by atomic mass is 16.6. The van der Waals surface area contributed by atoms with Gasteiger partial charge in [0.1, 0.15) is 5.60 Å². The van der Waals surface area contributed by atoms with E-state index in [1.165, 1.54) is 32.1 Å². The largest absolute Gasteiger partial charge is 0.444 e. The van der Waals surface area contributed by atoms with Gasteiger partial charge in [-0.3, -0.25) is 0 Å². The van der Waals surface area contributed by atoms with Crippen molar-refractivity contribution in [3.05, 3.63) is 0 Å². The van der Waals surface area contributed by atoms with Gasteiger partial charge in [-0.05, 0) is 67.2 Å². The average Bonchev–Trinajstić information content (AvgIpc) is 2.40. The van der Waals surface area contributed by atoms with E-state index in [1.807, 2.05) is 25.7 Å². The van der Waals surface area contributed by atoms with Crippen LogP contribution in [0.5, 0.6) is 0 Å². The topological polar surface area (TPSA) is 41.6 Å². The molecule has 1 atom stereocenters. The fourth-order valence-electron chi connectivity index (χ4n) is 3.22. The lowest BCUT2D eigenvalue weighted by Gasteiger charge is -2.37. The van der Waals surface area contributed by atoms with Crippen molar-refractivity contribution in [2.24, 2.45) is 5.92 Å². The maximum Gasteiger partial charge on any atom is 0.410 e. The highest BCUT2D eigenvalue weighted by Gasteiger charge is 2.30. The Hall–Kier alpha value is -0.770. The summed E-state index contributed by atoms with van der Waals surface area (Å²) in [6.45, 7) is 15.7. The van der Waals surface area contributed by atoms with Gasteiger partial charge in [-0.2, -0.15) is 0 Å². The Labute approximate surface area is 143 Å². The fourth-order valence-corrected chi connectivity index (χ4v) is 3.22. The van der Waals surface area contributed by atoms with Gasteiger partial charge >= 0.3 is 6.09 Å². The molecule has 4 nitrogen and oxygen atoms in total. The minimum Gasteiger partial charge on any atom is -0.444 e. The van der Waals surface area contributed by atoms with Crippen LogP contribution in [0.2, 0.25) is 0 Å². The first-order chi connectivity index (χ1) is 10.5. The predicted octanol–water partition coefficient (Wildman–Crippen LogP) is 4.58. The highest BCUT2D eigenvalue weighted by molar-refractivity contribution is 5.69. The summed E-state index contributed by atoms with van der Waals surface area (Å²) in [7, 11) is 0. The molecule has 4 heteroatoms. The third-order valence-corrected chi connectivity index (χ3v) is 4.58. The minimum atomic E-state index is -0.455. The molecule has 1 fully saturated rings. The Morgan fingerprint density at radius 3 is 2.17 bits per heavy atom. The van der Waals surface area contributed by atoms with Crippen molar-refractivity contribution < 1.29 is 9.53 Å². The third-order valence-electron chi connectivity index (χ3n) is 4.58. The van der Waals surface area contributed by atoms with Crippen LogP contribution in [0.15, 0.2) is 0 Å². The van der Waals surface area contributed by atoms with E-state index < -0.39 is 5.60 Å². The van der Waals surface area contributed by atoms with Crippen molar-refractivity contribution in [1.82, 2.24) is 10.2 Å². The van der Waals surface area contributed by atoms with Gasteiger partial charge in [-0.1, -0.05) is 19.3 Å². The first-order valence-corrected chi connectivity index (χ1v) is 9.25. The van der Waals surface area contributed by atoms with Gasteiger partial charge in [0.25, 0.3) is 0 Å². The summed E-state index contributed by atoms with van der Waals surface area (Å²) < 4.78 is 5.56. The standard InChI is InChI=1S/C19H38N2O2/c1-15(16-11-9-8-10-12-16)20-13-14-21(18(2,3)4)17(22)23-19(5,6)7/h15-16,20H,8-14H2,1-7H3. The molecule has 1 amide bonds. The number of nitrogens with zero attached hydrogens (tertiary/aromatic N) is 1. The maximum absolute atomic E-state index is 12.5. The van der Waals surface area contributed by atoms with Gasteiger partial charge in [0.15, 0.2) is 0 Å². The highest BCUT2D eigenvalue weighted by Crippen LogP contribution is 2.26. The summed E-state index contributed by atoms with van der Waals surface area (Å²) in [6, 6.07) is 0.524. The Kier molecular flexibility index (Phi) is 7.37. The fraction of sp³-hybridized carbons (Fsp3) is 0.947. The summed E-state index contributed by atoms with van der Waals surface area (Å²) in [5.74, 6) is 0.786. The van der Waals surface area contributed by atoms with Gasteiger partial charge in [0, 0.05) is 24.7 Å². The van der Waals surface area contributed by atoms with E-state index in [1.54, 1.807) is 0 Å². The third kappa shape index (κ3) is 7.56. The second-order valence-electron chi connectivity index (χ2n) is 8.94. The van der Waals surface area contributed by atoms with E-state index in [9.17, 15) is 4.79 Å². The molecular formula is C19H38N2O2. The van der Waals surface area contributed by atoms with Gasteiger partial charge in [-0.25, -0.2) is 4.79 Å². The number of nitrogens with one attached hydrogen (secondary N) is 1. The molecule has 0 bridgehead atoms. The van der Waals surface area contributed by atoms with Crippen molar-refractivity contribution in [2.75, 3.05) is 13.1 Å². The monoisotopic (exact) mass is 326 g/mol. The van der Waals surface area contributed by atoms with Crippen molar-refractivity contribution in [3.63, 3.8) is 0 Å². The Morgan fingerprint density at radius 1 is 1.13 bits per heavy atom. The summed E-state index contributed by atoms with van der Waals surface area (Å²) >= 11 is 0. The smallest absolute Gasteiger partial charge is 0.410 e. The Bertz CT molecular complexity index is 363. The van der Waals surface area contributed by atoms with Crippen LogP contribution in [0.4, 0.5) is 4.79 Å². The molecule has 0 radical (unpaired) electrons. The first kappa shape index (κ1) is 20.3. The second-order valence-corrected chi connectivity index (χ2v) is 8.94. The lowest BCUT2D eigenvalue weighted by Crippen LogP contribution is -2.51. The quantitative estimate of drug-likeness (QED) is 0.804. The molecule has 1 aliphatic carbocycles. The molecule has 0 aliphatic heterocycles. The second kappa shape index (κ2) is 8.36. The first-order valence-electron chi connectivity index (χ1n) is 9.25. The van der Waals surface area contributed by atoms with E-state index >= 15 is 0 Å². The molecule has 0 aromatic heterocycles. The zero-order chi connectivity index (χ0) is 17.7. The summed E-state index contributed by atoms with van der Waals surface area (Å²) in [5, 5.41) is 3.62. The average molecular weight is 327 g/mol. The van der Waals surface area contributed by atoms with Crippen molar-refractivity contribution in [1.29, 1.82) is 0 Å². The SMILES string of the molecule is CC(NCCN(C(=O)OC(C)(C)C)C(C)(C)C)C1CCCCC1. The van der Waals surface area contributed by atoms with Crippen LogP contribution in [-0.2, 0) is 4.74 Å². The number of carbonyl (C=O) groups excluding carboxylic acids is 1. The summed E-state index contributed by atoms with van der Waals surface area (Å²) in [6.07, 6.45) is 6.56. The van der Waals surface area contributed by atoms with Crippen LogP contribution in [0.3, 0.4) is 0 Å². The van der Waals surface area contributed by atoms with E-state index in [0.717, 1.165) is 12.5 Å². The van der Waals surface area contributed by atoms with Crippen LogP contribution < -0.4 is 5.32 Å². The van der Waals surface area contributed by atoms with Crippen LogP contribution >= 0.6 is 0 Å². The van der Waals surface area contributed by atoms with Gasteiger partial charge in [0.05, 0.1) is 0 Å². The molecule has 0 spiro atoms. The maximum atomic E-state index is 12.5. The normalized spacial score (nSPS) is 18.6. The van der Waals surface area contributed by atoms with Crippen molar-refractivity contribution in [2.45, 2.75) is 97.8 Å². The molecule has 0 aromatic rings. The predicted molar refractivity (Wildman–Crippen MR) is 96.7 cm³/mol. The molecule has 1 unspecified atom stereocenters. The van der Waals surface area contributed by atoms with Gasteiger partial charge in [0.2, 0.25) is 0 Å². The molecule has 0 heterocycles. The molecule has 136 valence electrons. The van der Waals surface area contributed by atoms with Crippen LogP contribution in [0.1, 0.15) is 80.6 Å². The molecule has 1 rings (SSSR count). The number of hydrogen-bond acceptors (Lipinski definition) is 3. The van der Waals surface area contributed by atoms with E-state index in [-0.39, 0.29) is 11.6 Å². The summed E-state index contributed by atoms with van der Waals surface area (Å²) in [5.41, 5.74) is -0.693. The molecular weight excluding hydrogens is 288 g/mol. The zero-order valence-electron chi connectivity index (χ0n) is 16.4. The Morgan fingerprint density at radius 2 is 1.70 bits per heavy atom. The van der Waals surface area contributed by atoms with Gasteiger partial charge in [-0.15, -0.1) is 0 Å². The number of rotatable bonds is 5. The van der Waals surface area contributed by atoms with Crippen molar-refractivity contribution >= 4 is 6.09 Å². The van der Waals surface area contributed by atoms with Gasteiger partial charge < -0.3 is 15.0 Å². The number of ether oxygens (including phenoxy) is 1. The summed E-state index contributed by atoms with van der Waals surface area (Å²) in [4.78, 5) is 14.3. The molecule has 0 aromatic carbocycles. The molecule has 1 aliphatic rings. The number of amides is 1. The Balaban J connectivity index is 2.49. The van der Waals surface area contributed by atoms with Crippen molar-refractivity contribution in [3.8, 4) is 0 Å². The van der Waals surface area contributed by atoms with E-state index in [4.69, 9.17) is 4.74 Å². The number of carbonyl (C=O) groups is 1. The van der Waals surface area contributed by atoms with E-state index in [2.05, 4.69) is 33.0 Å².